The van der Waals surface area contributed by atoms with Crippen LogP contribution in [0, 0.1) is 11.8 Å². The molecule has 0 aliphatic carbocycles. The minimum absolute atomic E-state index is 0.0548. The molecular formula is C45H69BrN6O6. The summed E-state index contributed by atoms with van der Waals surface area (Å²) < 4.78 is 12.3. The van der Waals surface area contributed by atoms with Crippen LogP contribution in [-0.4, -0.2) is 131 Å². The maximum atomic E-state index is 13.2. The van der Waals surface area contributed by atoms with Crippen LogP contribution in [0.3, 0.4) is 0 Å². The first-order valence-corrected chi connectivity index (χ1v) is 21.6. The van der Waals surface area contributed by atoms with Gasteiger partial charge in [-0.2, -0.15) is 0 Å². The third kappa shape index (κ3) is 12.6. The standard InChI is InChI=1S/C25H40N4O3.C20H29BrN2O3/c1-18(2)23(30)28-17-22(29(16-19(28)3)24(31)32-25(4,5)6)20-9-8-10-21(15-20)27-13-11-26(7)12-14-27;1-13(2)18(24)22-12-17(15-8-7-9-16(21)10-15)23(11-14(22)3)19(25)26-20(4,5)6/h8-10,15,18-19,22H,11-14,16-17H2,1-7H3;7-10,13-14,17H,11-12H2,1-6H3/t19-,22-;14-,17-/m11/s1. The van der Waals surface area contributed by atoms with Crippen molar-refractivity contribution in [2.24, 2.45) is 11.8 Å². The lowest BCUT2D eigenvalue weighted by Gasteiger charge is -2.46. The van der Waals surface area contributed by atoms with Crippen LogP contribution in [0.4, 0.5) is 15.3 Å². The maximum Gasteiger partial charge on any atom is 0.410 e. The molecule has 58 heavy (non-hydrogen) atoms. The van der Waals surface area contributed by atoms with E-state index in [9.17, 15) is 19.2 Å². The lowest BCUT2D eigenvalue weighted by atomic mass is 9.98. The Labute approximate surface area is 356 Å². The molecule has 13 heteroatoms. The molecule has 322 valence electrons. The molecule has 4 atom stereocenters. The smallest absolute Gasteiger partial charge is 0.410 e. The number of piperazine rings is 3. The first-order valence-electron chi connectivity index (χ1n) is 20.8. The fourth-order valence-electron chi connectivity index (χ4n) is 7.55. The van der Waals surface area contributed by atoms with Gasteiger partial charge in [0.1, 0.15) is 11.2 Å². The van der Waals surface area contributed by atoms with E-state index in [1.165, 1.54) is 5.69 Å². The molecule has 0 aromatic heterocycles. The molecule has 3 aliphatic heterocycles. The van der Waals surface area contributed by atoms with Gasteiger partial charge in [-0.25, -0.2) is 9.59 Å². The van der Waals surface area contributed by atoms with Crippen LogP contribution in [0.5, 0.6) is 0 Å². The van der Waals surface area contributed by atoms with Crippen LogP contribution in [0.15, 0.2) is 53.0 Å². The Morgan fingerprint density at radius 3 is 1.43 bits per heavy atom. The van der Waals surface area contributed by atoms with Crippen LogP contribution in [0.25, 0.3) is 0 Å². The van der Waals surface area contributed by atoms with Gasteiger partial charge < -0.3 is 29.1 Å². The van der Waals surface area contributed by atoms with Gasteiger partial charge in [0.05, 0.1) is 12.1 Å². The highest BCUT2D eigenvalue weighted by Gasteiger charge is 2.41. The SMILES string of the molecule is CC(C)C(=O)N1C[C@H](c2cccc(Br)c2)N(C(=O)OC(C)(C)C)C[C@H]1C.CC(C)C(=O)N1C[C@H](c2cccc(N3CCN(C)CC3)c2)N(C(=O)OC(C)(C)C)C[C@H]1C. The Hall–Kier alpha value is -3.84. The van der Waals surface area contributed by atoms with Crippen molar-refractivity contribution in [3.05, 3.63) is 64.1 Å². The second-order valence-electron chi connectivity index (χ2n) is 18.7. The predicted octanol–water partition coefficient (Wildman–Crippen LogP) is 8.22. The van der Waals surface area contributed by atoms with E-state index in [4.69, 9.17) is 9.47 Å². The molecule has 0 saturated carbocycles. The summed E-state index contributed by atoms with van der Waals surface area (Å²) in [5.41, 5.74) is 2.06. The molecule has 5 rings (SSSR count). The van der Waals surface area contributed by atoms with Crippen molar-refractivity contribution in [3.63, 3.8) is 0 Å². The number of halogens is 1. The summed E-state index contributed by atoms with van der Waals surface area (Å²) in [5, 5.41) is 0. The third-order valence-corrected chi connectivity index (χ3v) is 11.1. The number of amides is 4. The molecule has 4 amide bonds. The van der Waals surface area contributed by atoms with Gasteiger partial charge in [-0.1, -0.05) is 67.9 Å². The van der Waals surface area contributed by atoms with Gasteiger partial charge in [0.25, 0.3) is 0 Å². The van der Waals surface area contributed by atoms with Gasteiger partial charge >= 0.3 is 12.2 Å². The fraction of sp³-hybridized carbons (Fsp3) is 0.644. The molecule has 0 spiro atoms. The van der Waals surface area contributed by atoms with Crippen molar-refractivity contribution in [2.75, 3.05) is 64.3 Å². The fourth-order valence-corrected chi connectivity index (χ4v) is 7.97. The van der Waals surface area contributed by atoms with Crippen molar-refractivity contribution < 1.29 is 28.7 Å². The van der Waals surface area contributed by atoms with Crippen molar-refractivity contribution in [1.82, 2.24) is 24.5 Å². The van der Waals surface area contributed by atoms with Gasteiger partial charge in [0, 0.05) is 86.4 Å². The zero-order valence-electron chi connectivity index (χ0n) is 37.3. The summed E-state index contributed by atoms with van der Waals surface area (Å²) in [6.07, 6.45) is -0.665. The number of rotatable bonds is 5. The van der Waals surface area contributed by atoms with E-state index in [0.29, 0.717) is 26.2 Å². The van der Waals surface area contributed by atoms with Gasteiger partial charge in [-0.3, -0.25) is 19.4 Å². The van der Waals surface area contributed by atoms with Crippen molar-refractivity contribution >= 4 is 45.6 Å². The summed E-state index contributed by atoms with van der Waals surface area (Å²) in [4.78, 5) is 63.6. The highest BCUT2D eigenvalue weighted by Crippen LogP contribution is 2.34. The van der Waals surface area contributed by atoms with E-state index in [2.05, 4.69) is 57.0 Å². The number of hydrogen-bond donors (Lipinski definition) is 0. The number of likely N-dealkylation sites (N-methyl/N-ethyl adjacent to an activating group) is 1. The number of carbonyl (C=O) groups is 4. The molecule has 3 heterocycles. The van der Waals surface area contributed by atoms with Gasteiger partial charge in [-0.05, 0) is 97.8 Å². The molecule has 3 fully saturated rings. The first-order chi connectivity index (χ1) is 27.0. The van der Waals surface area contributed by atoms with E-state index in [-0.39, 0.29) is 60.0 Å². The summed E-state index contributed by atoms with van der Waals surface area (Å²) in [7, 11) is 2.15. The third-order valence-electron chi connectivity index (χ3n) is 10.6. The quantitative estimate of drug-likeness (QED) is 0.296. The zero-order valence-corrected chi connectivity index (χ0v) is 38.8. The molecule has 0 unspecified atom stereocenters. The van der Waals surface area contributed by atoms with Crippen LogP contribution >= 0.6 is 15.9 Å². The Morgan fingerprint density at radius 1 is 0.621 bits per heavy atom. The largest absolute Gasteiger partial charge is 0.444 e. The number of nitrogens with zero attached hydrogens (tertiary/aromatic N) is 6. The number of ether oxygens (including phenoxy) is 2. The van der Waals surface area contributed by atoms with Crippen LogP contribution in [0.1, 0.15) is 106 Å². The summed E-state index contributed by atoms with van der Waals surface area (Å²) in [6, 6.07) is 15.7. The molecule has 12 nitrogen and oxygen atoms in total. The van der Waals surface area contributed by atoms with Crippen molar-refractivity contribution in [3.8, 4) is 0 Å². The normalized spacial score (nSPS) is 22.1. The lowest BCUT2D eigenvalue weighted by Crippen LogP contribution is -2.58. The predicted molar refractivity (Wildman–Crippen MR) is 234 cm³/mol. The highest BCUT2D eigenvalue weighted by molar-refractivity contribution is 9.10. The average Bonchev–Trinajstić information content (AvgIpc) is 3.13. The molecule has 0 bridgehead atoms. The van der Waals surface area contributed by atoms with E-state index >= 15 is 0 Å². The minimum Gasteiger partial charge on any atom is -0.444 e. The van der Waals surface area contributed by atoms with Gasteiger partial charge in [0.15, 0.2) is 0 Å². The zero-order chi connectivity index (χ0) is 43.3. The van der Waals surface area contributed by atoms with Crippen molar-refractivity contribution in [1.29, 1.82) is 0 Å². The Bertz CT molecular complexity index is 1730. The Kier molecular flexibility index (Phi) is 15.7. The highest BCUT2D eigenvalue weighted by atomic mass is 79.9. The van der Waals surface area contributed by atoms with Gasteiger partial charge in [0.2, 0.25) is 11.8 Å². The number of carbonyl (C=O) groups excluding carboxylic acids is 4. The molecule has 2 aromatic carbocycles. The molecule has 0 radical (unpaired) electrons. The molecule has 2 aromatic rings. The number of anilines is 1. The van der Waals surface area contributed by atoms with Crippen LogP contribution < -0.4 is 4.90 Å². The van der Waals surface area contributed by atoms with Crippen LogP contribution in [-0.2, 0) is 19.1 Å². The minimum atomic E-state index is -0.572. The molecular weight excluding hydrogens is 800 g/mol. The second-order valence-corrected chi connectivity index (χ2v) is 19.6. The molecule has 3 aliphatic rings. The van der Waals surface area contributed by atoms with E-state index in [1.807, 2.05) is 122 Å². The van der Waals surface area contributed by atoms with Crippen molar-refractivity contribution in [2.45, 2.75) is 118 Å². The first kappa shape index (κ1) is 46.8. The molecule has 0 N–H and O–H groups in total. The number of benzene rings is 2. The van der Waals surface area contributed by atoms with E-state index < -0.39 is 11.2 Å². The Morgan fingerprint density at radius 2 is 1.03 bits per heavy atom. The maximum absolute atomic E-state index is 13.2. The average molecular weight is 870 g/mol. The van der Waals surface area contributed by atoms with E-state index in [1.54, 1.807) is 4.90 Å². The summed E-state index contributed by atoms with van der Waals surface area (Å²) in [5.74, 6) is 0.0828. The van der Waals surface area contributed by atoms with Gasteiger partial charge in [-0.15, -0.1) is 0 Å². The van der Waals surface area contributed by atoms with Crippen LogP contribution in [0.2, 0.25) is 0 Å². The number of hydrogen-bond acceptors (Lipinski definition) is 8. The topological polar surface area (TPSA) is 106 Å². The summed E-state index contributed by atoms with van der Waals surface area (Å²) in [6.45, 7) is 28.8. The monoisotopic (exact) mass is 868 g/mol. The molecule has 3 saturated heterocycles. The second kappa shape index (κ2) is 19.5. The Balaban J connectivity index is 0.000000262. The van der Waals surface area contributed by atoms with E-state index in [0.717, 1.165) is 41.8 Å². The lowest BCUT2D eigenvalue weighted by molar-refractivity contribution is -0.141. The summed E-state index contributed by atoms with van der Waals surface area (Å²) >= 11 is 3.50.